The van der Waals surface area contributed by atoms with Gasteiger partial charge in [0.2, 0.25) is 0 Å². The third-order valence-electron chi connectivity index (χ3n) is 3.82. The number of halogens is 1. The second kappa shape index (κ2) is 9.55. The summed E-state index contributed by atoms with van der Waals surface area (Å²) in [4.78, 5) is 3.34. The number of benzene rings is 1. The maximum absolute atomic E-state index is 13.1. The van der Waals surface area contributed by atoms with E-state index in [1.165, 1.54) is 12.1 Å². The summed E-state index contributed by atoms with van der Waals surface area (Å²) in [7, 11) is 0. The van der Waals surface area contributed by atoms with Crippen molar-refractivity contribution in [2.75, 3.05) is 13.2 Å². The van der Waals surface area contributed by atoms with E-state index in [1.807, 2.05) is 18.4 Å². The molecule has 0 aliphatic carbocycles. The second-order valence-corrected chi connectivity index (χ2v) is 6.53. The van der Waals surface area contributed by atoms with Crippen LogP contribution in [0.15, 0.2) is 35.7 Å². The first-order valence-corrected chi connectivity index (χ1v) is 8.80. The Morgan fingerprint density at radius 1 is 1.21 bits per heavy atom. The van der Waals surface area contributed by atoms with Gasteiger partial charge in [-0.3, -0.25) is 4.90 Å². The molecule has 128 valence electrons. The highest BCUT2D eigenvalue weighted by Gasteiger charge is 2.17. The fourth-order valence-corrected chi connectivity index (χ4v) is 3.35. The van der Waals surface area contributed by atoms with Crippen LogP contribution < -0.4 is 0 Å². The molecule has 0 spiro atoms. The summed E-state index contributed by atoms with van der Waals surface area (Å²) in [5.74, 6) is 5.30. The lowest BCUT2D eigenvalue weighted by molar-refractivity contribution is 0.107. The third-order valence-corrected chi connectivity index (χ3v) is 4.74. The zero-order valence-electron chi connectivity index (χ0n) is 13.7. The van der Waals surface area contributed by atoms with Crippen molar-refractivity contribution in [2.24, 2.45) is 0 Å². The summed E-state index contributed by atoms with van der Waals surface area (Å²) in [5, 5.41) is 20.4. The molecule has 2 N–H and O–H groups in total. The molecule has 0 radical (unpaired) electrons. The Labute approximate surface area is 146 Å². The van der Waals surface area contributed by atoms with E-state index in [1.54, 1.807) is 23.5 Å². The van der Waals surface area contributed by atoms with Gasteiger partial charge in [-0.2, -0.15) is 0 Å². The van der Waals surface area contributed by atoms with Crippen LogP contribution in [0, 0.1) is 17.7 Å². The molecule has 1 aromatic carbocycles. The average Bonchev–Trinajstić information content (AvgIpc) is 3.03. The standard InChI is InChI=1S/C19H22FNO2S/c1-2-18(13-23)21(11-15-5-7-17(20)8-6-15)12-19-10-16(14-24-19)4-3-9-22/h5-8,10,14,18,22-23H,2,9,11-13H2,1H3/t18-/m1/s1. The Bertz CT molecular complexity index is 683. The van der Waals surface area contributed by atoms with E-state index in [9.17, 15) is 9.50 Å². The van der Waals surface area contributed by atoms with E-state index in [-0.39, 0.29) is 25.1 Å². The lowest BCUT2D eigenvalue weighted by Gasteiger charge is -2.29. The number of nitrogens with zero attached hydrogens (tertiary/aromatic N) is 1. The molecule has 0 aliphatic rings. The Hall–Kier alpha value is -1.71. The first-order valence-electron chi connectivity index (χ1n) is 7.92. The summed E-state index contributed by atoms with van der Waals surface area (Å²) < 4.78 is 13.1. The largest absolute Gasteiger partial charge is 0.395 e. The minimum atomic E-state index is -0.246. The van der Waals surface area contributed by atoms with Gasteiger partial charge in [-0.25, -0.2) is 4.39 Å². The lowest BCUT2D eigenvalue weighted by Crippen LogP contribution is -2.36. The predicted molar refractivity (Wildman–Crippen MR) is 95.1 cm³/mol. The maximum atomic E-state index is 13.1. The molecule has 3 nitrogen and oxygen atoms in total. The van der Waals surface area contributed by atoms with Crippen molar-refractivity contribution in [3.63, 3.8) is 0 Å². The van der Waals surface area contributed by atoms with Crippen LogP contribution in [0.25, 0.3) is 0 Å². The molecule has 5 heteroatoms. The fraction of sp³-hybridized carbons (Fsp3) is 0.368. The van der Waals surface area contributed by atoms with Crippen molar-refractivity contribution in [1.82, 2.24) is 4.90 Å². The van der Waals surface area contributed by atoms with E-state index in [4.69, 9.17) is 5.11 Å². The van der Waals surface area contributed by atoms with E-state index in [0.717, 1.165) is 22.4 Å². The van der Waals surface area contributed by atoms with Crippen LogP contribution in [0.4, 0.5) is 4.39 Å². The van der Waals surface area contributed by atoms with Crippen LogP contribution in [-0.2, 0) is 13.1 Å². The lowest BCUT2D eigenvalue weighted by atomic mass is 10.1. The molecule has 0 fully saturated rings. The van der Waals surface area contributed by atoms with Crippen LogP contribution >= 0.6 is 11.3 Å². The first-order chi connectivity index (χ1) is 11.7. The van der Waals surface area contributed by atoms with E-state index >= 15 is 0 Å². The van der Waals surface area contributed by atoms with Gasteiger partial charge >= 0.3 is 0 Å². The van der Waals surface area contributed by atoms with Crippen molar-refractivity contribution in [3.8, 4) is 11.8 Å². The van der Waals surface area contributed by atoms with Crippen molar-refractivity contribution in [3.05, 3.63) is 57.5 Å². The van der Waals surface area contributed by atoms with Crippen LogP contribution in [0.1, 0.15) is 29.3 Å². The summed E-state index contributed by atoms with van der Waals surface area (Å²) in [6.07, 6.45) is 0.834. The van der Waals surface area contributed by atoms with E-state index in [2.05, 4.69) is 16.7 Å². The Balaban J connectivity index is 2.13. The average molecular weight is 347 g/mol. The maximum Gasteiger partial charge on any atom is 0.123 e. The Kier molecular flexibility index (Phi) is 7.41. The zero-order valence-corrected chi connectivity index (χ0v) is 14.5. The molecule has 0 unspecified atom stereocenters. The fourth-order valence-electron chi connectivity index (χ4n) is 2.51. The Morgan fingerprint density at radius 3 is 2.58 bits per heavy atom. The molecule has 0 amide bonds. The van der Waals surface area contributed by atoms with Gasteiger partial charge in [-0.15, -0.1) is 11.3 Å². The molecule has 0 bridgehead atoms. The van der Waals surface area contributed by atoms with E-state index < -0.39 is 0 Å². The van der Waals surface area contributed by atoms with E-state index in [0.29, 0.717) is 13.1 Å². The first kappa shape index (κ1) is 18.6. The smallest absolute Gasteiger partial charge is 0.123 e. The molecular weight excluding hydrogens is 325 g/mol. The zero-order chi connectivity index (χ0) is 17.4. The molecule has 0 saturated carbocycles. The SMILES string of the molecule is CC[C@H](CO)N(Cc1ccc(F)cc1)Cc1cc(C#CCO)cs1. The van der Waals surface area contributed by atoms with Crippen molar-refractivity contribution >= 4 is 11.3 Å². The molecule has 2 aromatic rings. The van der Waals surface area contributed by atoms with Crippen LogP contribution in [-0.4, -0.2) is 34.4 Å². The van der Waals surface area contributed by atoms with Gasteiger partial charge in [-0.1, -0.05) is 30.9 Å². The van der Waals surface area contributed by atoms with Crippen molar-refractivity contribution in [1.29, 1.82) is 0 Å². The number of aliphatic hydroxyl groups is 2. The summed E-state index contributed by atoms with van der Waals surface area (Å²) >= 11 is 1.61. The number of thiophene rings is 1. The van der Waals surface area contributed by atoms with Crippen LogP contribution in [0.2, 0.25) is 0 Å². The molecule has 24 heavy (non-hydrogen) atoms. The van der Waals surface area contributed by atoms with Crippen molar-refractivity contribution in [2.45, 2.75) is 32.5 Å². The summed E-state index contributed by atoms with van der Waals surface area (Å²) in [6, 6.07) is 8.53. The predicted octanol–water partition coefficient (Wildman–Crippen LogP) is 3.00. The van der Waals surface area contributed by atoms with Crippen LogP contribution in [0.5, 0.6) is 0 Å². The van der Waals surface area contributed by atoms with Gasteiger partial charge in [0.25, 0.3) is 0 Å². The number of hydrogen-bond acceptors (Lipinski definition) is 4. The summed E-state index contributed by atoms with van der Waals surface area (Å²) in [5.41, 5.74) is 1.91. The van der Waals surface area contributed by atoms with Gasteiger partial charge in [-0.05, 0) is 30.2 Å². The third kappa shape index (κ3) is 5.43. The minimum absolute atomic E-state index is 0.0455. The number of hydrogen-bond donors (Lipinski definition) is 2. The molecule has 1 heterocycles. The van der Waals surface area contributed by atoms with Gasteiger partial charge in [0.05, 0.1) is 6.61 Å². The molecule has 0 saturated heterocycles. The molecule has 0 aliphatic heterocycles. The quantitative estimate of drug-likeness (QED) is 0.757. The highest BCUT2D eigenvalue weighted by molar-refractivity contribution is 7.10. The normalized spacial score (nSPS) is 12.0. The van der Waals surface area contributed by atoms with Gasteiger partial charge < -0.3 is 10.2 Å². The monoisotopic (exact) mass is 347 g/mol. The van der Waals surface area contributed by atoms with Gasteiger partial charge in [0, 0.05) is 35.0 Å². The topological polar surface area (TPSA) is 43.7 Å². The highest BCUT2D eigenvalue weighted by Crippen LogP contribution is 2.20. The second-order valence-electron chi connectivity index (χ2n) is 5.54. The van der Waals surface area contributed by atoms with Crippen LogP contribution in [0.3, 0.4) is 0 Å². The van der Waals surface area contributed by atoms with Gasteiger partial charge in [0.15, 0.2) is 0 Å². The molecular formula is C19H22FNO2S. The van der Waals surface area contributed by atoms with Crippen molar-refractivity contribution < 1.29 is 14.6 Å². The summed E-state index contributed by atoms with van der Waals surface area (Å²) in [6.45, 7) is 3.33. The molecule has 1 aromatic heterocycles. The minimum Gasteiger partial charge on any atom is -0.395 e. The molecule has 2 rings (SSSR count). The number of rotatable bonds is 7. The Morgan fingerprint density at radius 2 is 1.96 bits per heavy atom. The number of aliphatic hydroxyl groups excluding tert-OH is 2. The highest BCUT2D eigenvalue weighted by atomic mass is 32.1. The van der Waals surface area contributed by atoms with Gasteiger partial charge in [0.1, 0.15) is 12.4 Å². The molecule has 1 atom stereocenters.